The zero-order valence-electron chi connectivity index (χ0n) is 11.3. The highest BCUT2D eigenvalue weighted by Gasteiger charge is 2.34. The van der Waals surface area contributed by atoms with Crippen molar-refractivity contribution < 1.29 is 27.1 Å². The average molecular weight is 349 g/mol. The number of ether oxygens (including phenoxy) is 1. The highest BCUT2D eigenvalue weighted by Crippen LogP contribution is 2.35. The van der Waals surface area contributed by atoms with Crippen molar-refractivity contribution in [3.8, 4) is 0 Å². The van der Waals surface area contributed by atoms with Crippen LogP contribution in [-0.2, 0) is 15.7 Å². The molecule has 0 fully saturated rings. The number of alkyl halides is 3. The van der Waals surface area contributed by atoms with E-state index in [1.165, 1.54) is 12.5 Å². The van der Waals surface area contributed by atoms with Crippen molar-refractivity contribution >= 4 is 18.1 Å². The SMILES string of the molecule is O=COCC(c1ccc(C(F)(F)F)c(F)c1)c1cncnc1Cl. The second-order valence-electron chi connectivity index (χ2n) is 4.49. The fourth-order valence-corrected chi connectivity index (χ4v) is 2.26. The molecule has 0 N–H and O–H groups in total. The number of aromatic nitrogens is 2. The molecule has 1 aromatic heterocycles. The molecule has 0 radical (unpaired) electrons. The number of hydrogen-bond acceptors (Lipinski definition) is 4. The molecular weight excluding hydrogens is 340 g/mol. The quantitative estimate of drug-likeness (QED) is 0.471. The van der Waals surface area contributed by atoms with Crippen LogP contribution in [0.5, 0.6) is 0 Å². The molecule has 0 bridgehead atoms. The molecule has 1 heterocycles. The number of nitrogens with zero attached hydrogens (tertiary/aromatic N) is 2. The van der Waals surface area contributed by atoms with Crippen molar-refractivity contribution in [3.63, 3.8) is 0 Å². The number of rotatable bonds is 5. The lowest BCUT2D eigenvalue weighted by atomic mass is 9.93. The van der Waals surface area contributed by atoms with Crippen LogP contribution in [0.25, 0.3) is 0 Å². The molecule has 2 aromatic rings. The monoisotopic (exact) mass is 348 g/mol. The Bertz CT molecular complexity index is 709. The third kappa shape index (κ3) is 3.95. The molecule has 1 aromatic carbocycles. The first kappa shape index (κ1) is 17.1. The number of hydrogen-bond donors (Lipinski definition) is 0. The summed E-state index contributed by atoms with van der Waals surface area (Å²) in [4.78, 5) is 17.9. The summed E-state index contributed by atoms with van der Waals surface area (Å²) < 4.78 is 56.3. The van der Waals surface area contributed by atoms with Gasteiger partial charge in [0.2, 0.25) is 0 Å². The van der Waals surface area contributed by atoms with Gasteiger partial charge >= 0.3 is 6.18 Å². The van der Waals surface area contributed by atoms with Gasteiger partial charge in [-0.3, -0.25) is 4.79 Å². The van der Waals surface area contributed by atoms with Crippen molar-refractivity contribution in [2.75, 3.05) is 6.61 Å². The van der Waals surface area contributed by atoms with Crippen LogP contribution in [0.1, 0.15) is 22.6 Å². The molecular formula is C14H9ClF4N2O2. The Balaban J connectivity index is 2.46. The standard InChI is InChI=1S/C14H9ClF4N2O2/c15-13-9(4-20-6-21-13)10(5-23-7-22)8-1-2-11(12(16)3-8)14(17,18)19/h1-4,6-7,10H,5H2. The Morgan fingerprint density at radius 2 is 2.09 bits per heavy atom. The lowest BCUT2D eigenvalue weighted by Gasteiger charge is -2.18. The van der Waals surface area contributed by atoms with Gasteiger partial charge in [0.15, 0.2) is 0 Å². The van der Waals surface area contributed by atoms with Gasteiger partial charge in [-0.05, 0) is 17.7 Å². The first-order valence-corrected chi connectivity index (χ1v) is 6.59. The molecule has 4 nitrogen and oxygen atoms in total. The molecule has 2 rings (SSSR count). The predicted molar refractivity (Wildman–Crippen MR) is 72.3 cm³/mol. The van der Waals surface area contributed by atoms with Crippen LogP contribution in [0.3, 0.4) is 0 Å². The largest absolute Gasteiger partial charge is 0.467 e. The molecule has 0 aliphatic rings. The molecule has 0 aliphatic carbocycles. The number of halogens is 5. The van der Waals surface area contributed by atoms with Crippen molar-refractivity contribution in [3.05, 3.63) is 58.4 Å². The minimum Gasteiger partial charge on any atom is -0.467 e. The van der Waals surface area contributed by atoms with E-state index < -0.39 is 23.5 Å². The molecule has 1 unspecified atom stereocenters. The van der Waals surface area contributed by atoms with Gasteiger partial charge in [0.05, 0.1) is 5.56 Å². The summed E-state index contributed by atoms with van der Waals surface area (Å²) in [7, 11) is 0. The topological polar surface area (TPSA) is 52.1 Å². The van der Waals surface area contributed by atoms with E-state index in [4.69, 9.17) is 11.6 Å². The van der Waals surface area contributed by atoms with Crippen LogP contribution >= 0.6 is 11.6 Å². The Hall–Kier alpha value is -2.22. The maximum Gasteiger partial charge on any atom is 0.419 e. The van der Waals surface area contributed by atoms with Gasteiger partial charge < -0.3 is 4.74 Å². The summed E-state index contributed by atoms with van der Waals surface area (Å²) in [5.74, 6) is -2.23. The average Bonchev–Trinajstić information content (AvgIpc) is 2.48. The van der Waals surface area contributed by atoms with Gasteiger partial charge in [-0.25, -0.2) is 14.4 Å². The van der Waals surface area contributed by atoms with E-state index in [2.05, 4.69) is 14.7 Å². The Labute approximate surface area is 133 Å². The van der Waals surface area contributed by atoms with Crippen LogP contribution in [0, 0.1) is 5.82 Å². The molecule has 0 amide bonds. The smallest absolute Gasteiger partial charge is 0.419 e. The Morgan fingerprint density at radius 1 is 1.35 bits per heavy atom. The van der Waals surface area contributed by atoms with Crippen molar-refractivity contribution in [1.82, 2.24) is 9.97 Å². The lowest BCUT2D eigenvalue weighted by Crippen LogP contribution is -2.13. The Morgan fingerprint density at radius 3 is 2.65 bits per heavy atom. The number of carbonyl (C=O) groups excluding carboxylic acids is 1. The fraction of sp³-hybridized carbons (Fsp3) is 0.214. The van der Waals surface area contributed by atoms with E-state index in [0.717, 1.165) is 12.1 Å². The van der Waals surface area contributed by atoms with Crippen LogP contribution in [-0.4, -0.2) is 23.0 Å². The van der Waals surface area contributed by atoms with Gasteiger partial charge in [-0.15, -0.1) is 0 Å². The summed E-state index contributed by atoms with van der Waals surface area (Å²) >= 11 is 5.92. The number of carbonyl (C=O) groups is 1. The summed E-state index contributed by atoms with van der Waals surface area (Å²) in [5.41, 5.74) is -0.934. The zero-order chi connectivity index (χ0) is 17.0. The van der Waals surface area contributed by atoms with Gasteiger partial charge in [0.1, 0.15) is 23.9 Å². The van der Waals surface area contributed by atoms with E-state index in [0.29, 0.717) is 11.6 Å². The van der Waals surface area contributed by atoms with Gasteiger partial charge in [0.25, 0.3) is 6.47 Å². The third-order valence-electron chi connectivity index (χ3n) is 3.10. The van der Waals surface area contributed by atoms with Gasteiger partial charge in [-0.2, -0.15) is 13.2 Å². The summed E-state index contributed by atoms with van der Waals surface area (Å²) in [6.07, 6.45) is -2.30. The van der Waals surface area contributed by atoms with Crippen molar-refractivity contribution in [2.45, 2.75) is 12.1 Å². The van der Waals surface area contributed by atoms with Crippen LogP contribution in [0.15, 0.2) is 30.7 Å². The molecule has 23 heavy (non-hydrogen) atoms. The van der Waals surface area contributed by atoms with Crippen LogP contribution in [0.2, 0.25) is 5.15 Å². The predicted octanol–water partition coefficient (Wildman–Crippen LogP) is 3.59. The molecule has 0 spiro atoms. The summed E-state index contributed by atoms with van der Waals surface area (Å²) in [6, 6.07) is 2.44. The molecule has 122 valence electrons. The maximum absolute atomic E-state index is 13.8. The minimum absolute atomic E-state index is 0.0276. The molecule has 0 saturated carbocycles. The van der Waals surface area contributed by atoms with E-state index in [9.17, 15) is 22.4 Å². The minimum atomic E-state index is -4.80. The number of benzene rings is 1. The highest BCUT2D eigenvalue weighted by atomic mass is 35.5. The Kier molecular flexibility index (Phi) is 5.15. The zero-order valence-corrected chi connectivity index (χ0v) is 12.1. The summed E-state index contributed by atoms with van der Waals surface area (Å²) in [5, 5.41) is 0.0276. The second-order valence-corrected chi connectivity index (χ2v) is 4.85. The van der Waals surface area contributed by atoms with E-state index in [-0.39, 0.29) is 23.8 Å². The lowest BCUT2D eigenvalue weighted by molar-refractivity contribution is -0.140. The normalized spacial score (nSPS) is 12.7. The molecule has 0 aliphatic heterocycles. The first-order valence-electron chi connectivity index (χ1n) is 6.22. The summed E-state index contributed by atoms with van der Waals surface area (Å²) in [6.45, 7) is -0.0768. The molecule has 0 saturated heterocycles. The molecule has 9 heteroatoms. The van der Waals surface area contributed by atoms with Gasteiger partial charge in [0, 0.05) is 17.7 Å². The highest BCUT2D eigenvalue weighted by molar-refractivity contribution is 6.30. The second kappa shape index (κ2) is 6.91. The maximum atomic E-state index is 13.8. The van der Waals surface area contributed by atoms with E-state index >= 15 is 0 Å². The first-order chi connectivity index (χ1) is 10.8. The van der Waals surface area contributed by atoms with Crippen LogP contribution in [0.4, 0.5) is 17.6 Å². The fourth-order valence-electron chi connectivity index (χ4n) is 2.04. The van der Waals surface area contributed by atoms with Crippen LogP contribution < -0.4 is 0 Å². The third-order valence-corrected chi connectivity index (χ3v) is 3.41. The van der Waals surface area contributed by atoms with Crippen molar-refractivity contribution in [1.29, 1.82) is 0 Å². The van der Waals surface area contributed by atoms with Crippen molar-refractivity contribution in [2.24, 2.45) is 0 Å². The van der Waals surface area contributed by atoms with E-state index in [1.54, 1.807) is 0 Å². The van der Waals surface area contributed by atoms with Gasteiger partial charge in [-0.1, -0.05) is 17.7 Å². The molecule has 1 atom stereocenters. The van der Waals surface area contributed by atoms with E-state index in [1.807, 2.05) is 0 Å².